The molecule has 0 aromatic heterocycles. The summed E-state index contributed by atoms with van der Waals surface area (Å²) in [6.07, 6.45) is -0.259. The van der Waals surface area contributed by atoms with E-state index in [1.807, 2.05) is 0 Å². The molecule has 0 spiro atoms. The van der Waals surface area contributed by atoms with Crippen molar-refractivity contribution >= 4 is 22.5 Å². The predicted octanol–water partition coefficient (Wildman–Crippen LogP) is 0.258. The molecule has 0 bridgehead atoms. The van der Waals surface area contributed by atoms with E-state index in [1.165, 1.54) is 10.8 Å². The number of β-amino-alcohol motifs (C(OH)–C–C–N with tert-alkyl or cyclic N) is 1. The highest BCUT2D eigenvalue weighted by Gasteiger charge is 2.13. The maximum atomic E-state index is 9.45. The minimum atomic E-state index is -0.259. The lowest BCUT2D eigenvalue weighted by Crippen LogP contribution is -2.41. The summed E-state index contributed by atoms with van der Waals surface area (Å²) in [6.45, 7) is 4.21. The van der Waals surface area contributed by atoms with Crippen molar-refractivity contribution in [3.63, 3.8) is 0 Å². The third-order valence-corrected chi connectivity index (χ3v) is 2.82. The normalized spacial score (nSPS) is 22.5. The summed E-state index contributed by atoms with van der Waals surface area (Å²) in [6, 6.07) is 0. The Bertz CT molecular complexity index is 120. The number of rotatable bonds is 4. The average Bonchev–Trinajstić information content (AvgIpc) is 2.06. The van der Waals surface area contributed by atoms with E-state index in [2.05, 4.69) is 16.6 Å². The van der Waals surface area contributed by atoms with Crippen molar-refractivity contribution in [2.45, 2.75) is 6.10 Å². The Morgan fingerprint density at radius 1 is 1.50 bits per heavy atom. The Balaban J connectivity index is 2.11. The van der Waals surface area contributed by atoms with Gasteiger partial charge in [-0.15, -0.1) is 11.7 Å². The molecule has 1 fully saturated rings. The number of hydrogen-bond acceptors (Lipinski definition) is 5. The average molecular weight is 209 g/mol. The summed E-state index contributed by atoms with van der Waals surface area (Å²) >= 11 is 3.99. The molecule has 1 aliphatic heterocycles. The van der Waals surface area contributed by atoms with Gasteiger partial charge in [0, 0.05) is 25.4 Å². The molecular formula is C7H15NO2S2. The molecule has 0 saturated carbocycles. The topological polar surface area (TPSA) is 32.7 Å². The van der Waals surface area contributed by atoms with Gasteiger partial charge in [0.1, 0.15) is 0 Å². The second-order valence-corrected chi connectivity index (χ2v) is 4.23. The lowest BCUT2D eigenvalue weighted by atomic mass is 10.3. The lowest BCUT2D eigenvalue weighted by molar-refractivity contribution is 0.0189. The van der Waals surface area contributed by atoms with Crippen LogP contribution in [0.5, 0.6) is 0 Å². The molecule has 1 saturated heterocycles. The number of nitrogens with zero attached hydrogens (tertiary/aromatic N) is 1. The number of thiol groups is 1. The molecule has 0 aromatic carbocycles. The maximum Gasteiger partial charge on any atom is 0.0765 e. The van der Waals surface area contributed by atoms with Crippen molar-refractivity contribution in [2.24, 2.45) is 0 Å². The molecule has 1 rings (SSSR count). The van der Waals surface area contributed by atoms with Crippen molar-refractivity contribution in [1.29, 1.82) is 0 Å². The molecule has 3 nitrogen and oxygen atoms in total. The Morgan fingerprint density at radius 2 is 2.17 bits per heavy atom. The third kappa shape index (κ3) is 4.00. The van der Waals surface area contributed by atoms with Crippen molar-refractivity contribution in [3.8, 4) is 0 Å². The van der Waals surface area contributed by atoms with Crippen molar-refractivity contribution < 1.29 is 9.84 Å². The van der Waals surface area contributed by atoms with E-state index < -0.39 is 0 Å². The van der Waals surface area contributed by atoms with Crippen LogP contribution >= 0.6 is 22.5 Å². The van der Waals surface area contributed by atoms with E-state index in [0.717, 1.165) is 32.8 Å². The number of morpholine rings is 1. The van der Waals surface area contributed by atoms with Crippen LogP contribution in [0.1, 0.15) is 0 Å². The number of aliphatic hydroxyl groups excluding tert-OH is 1. The second-order valence-electron chi connectivity index (χ2n) is 2.86. The van der Waals surface area contributed by atoms with Gasteiger partial charge in [0.2, 0.25) is 0 Å². The van der Waals surface area contributed by atoms with Crippen molar-refractivity contribution in [3.05, 3.63) is 0 Å². The van der Waals surface area contributed by atoms with Crippen LogP contribution < -0.4 is 0 Å². The Hall–Kier alpha value is 0.580. The summed E-state index contributed by atoms with van der Waals surface area (Å²) in [5, 5.41) is 9.45. The van der Waals surface area contributed by atoms with E-state index in [1.54, 1.807) is 0 Å². The highest BCUT2D eigenvalue weighted by atomic mass is 33.1. The van der Waals surface area contributed by atoms with E-state index in [-0.39, 0.29) is 6.10 Å². The summed E-state index contributed by atoms with van der Waals surface area (Å²) in [4.78, 5) is 2.22. The highest BCUT2D eigenvalue weighted by molar-refractivity contribution is 8.68. The molecule has 1 heterocycles. The molecular weight excluding hydrogens is 194 g/mol. The third-order valence-electron chi connectivity index (χ3n) is 1.84. The van der Waals surface area contributed by atoms with Gasteiger partial charge in [0.05, 0.1) is 19.3 Å². The van der Waals surface area contributed by atoms with E-state index in [0.29, 0.717) is 5.75 Å². The summed E-state index contributed by atoms with van der Waals surface area (Å²) in [5.74, 6) is 0.695. The standard InChI is InChI=1S/C7H15NO2S2/c9-7(6-12-11)5-8-1-3-10-4-2-8/h7,9,11H,1-6H2. The van der Waals surface area contributed by atoms with Crippen LogP contribution in [0.4, 0.5) is 0 Å². The van der Waals surface area contributed by atoms with Crippen LogP contribution in [-0.2, 0) is 4.74 Å². The highest BCUT2D eigenvalue weighted by Crippen LogP contribution is 2.08. The lowest BCUT2D eigenvalue weighted by Gasteiger charge is -2.28. The van der Waals surface area contributed by atoms with E-state index >= 15 is 0 Å². The zero-order valence-corrected chi connectivity index (χ0v) is 8.69. The largest absolute Gasteiger partial charge is 0.391 e. The Kier molecular flexibility index (Phi) is 5.42. The molecule has 1 atom stereocenters. The predicted molar refractivity (Wildman–Crippen MR) is 54.7 cm³/mol. The van der Waals surface area contributed by atoms with Gasteiger partial charge in [0.15, 0.2) is 0 Å². The number of hydrogen-bond donors (Lipinski definition) is 2. The number of ether oxygens (including phenoxy) is 1. The minimum absolute atomic E-state index is 0.259. The van der Waals surface area contributed by atoms with Gasteiger partial charge in [-0.05, 0) is 0 Å². The first-order chi connectivity index (χ1) is 5.83. The molecule has 0 radical (unpaired) electrons. The van der Waals surface area contributed by atoms with Gasteiger partial charge < -0.3 is 9.84 Å². The van der Waals surface area contributed by atoms with Crippen LogP contribution in [0.2, 0.25) is 0 Å². The molecule has 12 heavy (non-hydrogen) atoms. The molecule has 0 aromatic rings. The zero-order chi connectivity index (χ0) is 8.81. The quantitative estimate of drug-likeness (QED) is 0.514. The smallest absolute Gasteiger partial charge is 0.0765 e. The summed E-state index contributed by atoms with van der Waals surface area (Å²) < 4.78 is 5.20. The first-order valence-electron chi connectivity index (χ1n) is 4.07. The fraction of sp³-hybridized carbons (Fsp3) is 1.00. The van der Waals surface area contributed by atoms with Gasteiger partial charge in [-0.1, -0.05) is 10.8 Å². The molecule has 1 aliphatic rings. The first-order valence-corrected chi connectivity index (χ1v) is 6.11. The van der Waals surface area contributed by atoms with Gasteiger partial charge in [-0.25, -0.2) is 0 Å². The minimum Gasteiger partial charge on any atom is -0.391 e. The molecule has 0 aliphatic carbocycles. The molecule has 0 amide bonds. The van der Waals surface area contributed by atoms with Gasteiger partial charge in [-0.2, -0.15) is 0 Å². The molecule has 72 valence electrons. The molecule has 1 unspecified atom stereocenters. The van der Waals surface area contributed by atoms with Crippen molar-refractivity contribution in [1.82, 2.24) is 4.90 Å². The van der Waals surface area contributed by atoms with Gasteiger partial charge >= 0.3 is 0 Å². The van der Waals surface area contributed by atoms with Gasteiger partial charge in [0.25, 0.3) is 0 Å². The summed E-state index contributed by atoms with van der Waals surface area (Å²) in [5.41, 5.74) is 0. The summed E-state index contributed by atoms with van der Waals surface area (Å²) in [7, 11) is 1.38. The van der Waals surface area contributed by atoms with Crippen LogP contribution in [0.15, 0.2) is 0 Å². The fourth-order valence-electron chi connectivity index (χ4n) is 1.22. The number of aliphatic hydroxyl groups is 1. The van der Waals surface area contributed by atoms with Crippen molar-refractivity contribution in [2.75, 3.05) is 38.6 Å². The fourth-order valence-corrected chi connectivity index (χ4v) is 2.01. The molecule has 1 N–H and O–H groups in total. The Morgan fingerprint density at radius 3 is 2.75 bits per heavy atom. The zero-order valence-electron chi connectivity index (χ0n) is 6.98. The SMILES string of the molecule is OC(CSS)CN1CCOCC1. The second kappa shape index (κ2) is 6.10. The van der Waals surface area contributed by atoms with Crippen LogP contribution in [0, 0.1) is 0 Å². The van der Waals surface area contributed by atoms with Gasteiger partial charge in [-0.3, -0.25) is 4.90 Å². The Labute approximate surface area is 82.3 Å². The van der Waals surface area contributed by atoms with Crippen LogP contribution in [-0.4, -0.2) is 54.7 Å². The van der Waals surface area contributed by atoms with E-state index in [4.69, 9.17) is 4.74 Å². The van der Waals surface area contributed by atoms with E-state index in [9.17, 15) is 5.11 Å². The van der Waals surface area contributed by atoms with Crippen LogP contribution in [0.25, 0.3) is 0 Å². The first kappa shape index (κ1) is 10.7. The maximum absolute atomic E-state index is 9.45. The monoisotopic (exact) mass is 209 g/mol. The molecule has 5 heteroatoms. The van der Waals surface area contributed by atoms with Crippen LogP contribution in [0.3, 0.4) is 0 Å².